The van der Waals surface area contributed by atoms with Crippen LogP contribution in [0, 0.1) is 19.8 Å². The van der Waals surface area contributed by atoms with E-state index in [4.69, 9.17) is 13.9 Å². The summed E-state index contributed by atoms with van der Waals surface area (Å²) >= 11 is 0. The Labute approximate surface area is 155 Å². The van der Waals surface area contributed by atoms with E-state index in [9.17, 15) is 0 Å². The van der Waals surface area contributed by atoms with E-state index in [1.54, 1.807) is 0 Å². The number of nitrogens with zero attached hydrogens (tertiary/aromatic N) is 2. The topological polar surface area (TPSA) is 47.7 Å². The second-order valence-corrected chi connectivity index (χ2v) is 7.58. The van der Waals surface area contributed by atoms with Gasteiger partial charge in [0.2, 0.25) is 0 Å². The summed E-state index contributed by atoms with van der Waals surface area (Å²) < 4.78 is 17.8. The van der Waals surface area contributed by atoms with Crippen LogP contribution in [0.15, 0.2) is 34.7 Å². The van der Waals surface area contributed by atoms with Crippen LogP contribution >= 0.6 is 0 Å². The van der Waals surface area contributed by atoms with E-state index in [1.807, 2.05) is 38.1 Å². The fourth-order valence-electron chi connectivity index (χ4n) is 4.24. The lowest BCUT2D eigenvalue weighted by Crippen LogP contribution is -2.47. The van der Waals surface area contributed by atoms with Crippen LogP contribution in [0.25, 0.3) is 0 Å². The molecular weight excluding hydrogens is 328 g/mol. The van der Waals surface area contributed by atoms with Crippen molar-refractivity contribution in [3.8, 4) is 0 Å². The molecule has 2 fully saturated rings. The van der Waals surface area contributed by atoms with E-state index < -0.39 is 0 Å². The van der Waals surface area contributed by atoms with Gasteiger partial charge >= 0.3 is 0 Å². The van der Waals surface area contributed by atoms with E-state index in [-0.39, 0.29) is 0 Å². The second-order valence-electron chi connectivity index (χ2n) is 7.58. The number of ether oxygens (including phenoxy) is 2. The molecule has 3 heterocycles. The van der Waals surface area contributed by atoms with Gasteiger partial charge in [-0.05, 0) is 56.9 Å². The van der Waals surface area contributed by atoms with Gasteiger partial charge in [0.1, 0.15) is 11.5 Å². The van der Waals surface area contributed by atoms with Gasteiger partial charge in [-0.2, -0.15) is 0 Å². The van der Waals surface area contributed by atoms with Crippen molar-refractivity contribution in [2.24, 2.45) is 5.92 Å². The van der Waals surface area contributed by atoms with Crippen molar-refractivity contribution >= 4 is 0 Å². The summed E-state index contributed by atoms with van der Waals surface area (Å²) in [6.45, 7) is 8.03. The van der Waals surface area contributed by atoms with Gasteiger partial charge in [0.25, 0.3) is 0 Å². The summed E-state index contributed by atoms with van der Waals surface area (Å²) in [5.74, 6) is 2.58. The van der Waals surface area contributed by atoms with Crippen LogP contribution in [0.1, 0.15) is 35.7 Å². The highest BCUT2D eigenvalue weighted by atomic mass is 16.5. The van der Waals surface area contributed by atoms with Crippen LogP contribution in [-0.2, 0) is 22.6 Å². The lowest BCUT2D eigenvalue weighted by atomic mass is 10.1. The molecule has 1 aliphatic carbocycles. The predicted molar refractivity (Wildman–Crippen MR) is 98.7 cm³/mol. The monoisotopic (exact) mass is 356 g/mol. The largest absolute Gasteiger partial charge is 0.465 e. The van der Waals surface area contributed by atoms with E-state index in [0.717, 1.165) is 62.1 Å². The molecule has 0 spiro atoms. The Morgan fingerprint density at radius 2 is 2.12 bits per heavy atom. The van der Waals surface area contributed by atoms with Gasteiger partial charge in [-0.3, -0.25) is 9.88 Å². The fraction of sp³-hybridized carbons (Fsp3) is 0.571. The Morgan fingerprint density at radius 3 is 2.92 bits per heavy atom. The van der Waals surface area contributed by atoms with Crippen LogP contribution in [0.2, 0.25) is 0 Å². The van der Waals surface area contributed by atoms with Crippen molar-refractivity contribution in [2.45, 2.75) is 52.0 Å². The van der Waals surface area contributed by atoms with Gasteiger partial charge in [0, 0.05) is 18.3 Å². The smallest absolute Gasteiger partial charge is 0.118 e. The molecular formula is C21H28N2O3. The minimum absolute atomic E-state index is 0.325. The first-order valence-corrected chi connectivity index (χ1v) is 9.58. The molecule has 4 rings (SSSR count). The third kappa shape index (κ3) is 4.17. The summed E-state index contributed by atoms with van der Waals surface area (Å²) in [5.41, 5.74) is 2.04. The van der Waals surface area contributed by atoms with Gasteiger partial charge < -0.3 is 13.9 Å². The van der Waals surface area contributed by atoms with Crippen LogP contribution < -0.4 is 0 Å². The Bertz CT molecular complexity index is 730. The van der Waals surface area contributed by atoms with Crippen molar-refractivity contribution in [1.29, 1.82) is 0 Å². The zero-order chi connectivity index (χ0) is 17.9. The molecule has 0 bridgehead atoms. The van der Waals surface area contributed by atoms with Crippen LogP contribution in [-0.4, -0.2) is 41.8 Å². The summed E-state index contributed by atoms with van der Waals surface area (Å²) in [7, 11) is 0. The predicted octanol–water partition coefficient (Wildman–Crippen LogP) is 3.49. The van der Waals surface area contributed by atoms with Gasteiger partial charge in [-0.25, -0.2) is 0 Å². The quantitative estimate of drug-likeness (QED) is 0.793. The van der Waals surface area contributed by atoms with Gasteiger partial charge in [-0.1, -0.05) is 6.07 Å². The molecule has 2 aliphatic rings. The first kappa shape index (κ1) is 17.7. The molecule has 2 aromatic heterocycles. The molecule has 140 valence electrons. The van der Waals surface area contributed by atoms with Crippen LogP contribution in [0.3, 0.4) is 0 Å². The average molecular weight is 356 g/mol. The van der Waals surface area contributed by atoms with Gasteiger partial charge in [0.05, 0.1) is 38.2 Å². The Balaban J connectivity index is 1.29. The normalized spacial score (nSPS) is 26.2. The van der Waals surface area contributed by atoms with E-state index >= 15 is 0 Å². The minimum atomic E-state index is 0.325. The Hall–Kier alpha value is -1.69. The highest BCUT2D eigenvalue weighted by molar-refractivity contribution is 5.09. The molecule has 0 amide bonds. The first-order chi connectivity index (χ1) is 12.7. The van der Waals surface area contributed by atoms with Crippen LogP contribution in [0.4, 0.5) is 0 Å². The molecule has 0 unspecified atom stereocenters. The molecule has 3 atom stereocenters. The number of furan rings is 1. The molecule has 26 heavy (non-hydrogen) atoms. The van der Waals surface area contributed by atoms with Gasteiger partial charge in [-0.15, -0.1) is 0 Å². The standard InChI is InChI=1S/C21H28N2O3/c1-15-4-3-5-18(22-15)14-24-13-17-10-20-21(11-17)25-9-8-23(20)12-19-7-6-16(2)26-19/h3-7,17,20-21H,8-14H2,1-2H3/t17-,20+,21-/m0/s1. The summed E-state index contributed by atoms with van der Waals surface area (Å²) in [6, 6.07) is 10.7. The number of rotatable bonds is 6. The third-order valence-electron chi connectivity index (χ3n) is 5.45. The highest BCUT2D eigenvalue weighted by Gasteiger charge is 2.41. The molecule has 1 saturated carbocycles. The van der Waals surface area contributed by atoms with E-state index in [1.165, 1.54) is 0 Å². The second kappa shape index (κ2) is 7.91. The van der Waals surface area contributed by atoms with Gasteiger partial charge in [0.15, 0.2) is 0 Å². The Morgan fingerprint density at radius 1 is 1.19 bits per heavy atom. The average Bonchev–Trinajstić information content (AvgIpc) is 3.21. The minimum Gasteiger partial charge on any atom is -0.465 e. The molecule has 2 aromatic rings. The van der Waals surface area contributed by atoms with Crippen LogP contribution in [0.5, 0.6) is 0 Å². The summed E-state index contributed by atoms with van der Waals surface area (Å²) in [6.07, 6.45) is 2.54. The maximum atomic E-state index is 6.05. The van der Waals surface area contributed by atoms with Crippen molar-refractivity contribution in [2.75, 3.05) is 19.8 Å². The summed E-state index contributed by atoms with van der Waals surface area (Å²) in [4.78, 5) is 7.02. The molecule has 5 heteroatoms. The number of hydrogen-bond donors (Lipinski definition) is 0. The SMILES string of the molecule is Cc1cccc(COC[C@@H]2C[C@@H]3OCCN(Cc4ccc(C)o4)[C@@H]3C2)n1. The van der Waals surface area contributed by atoms with Crippen molar-refractivity contribution in [1.82, 2.24) is 9.88 Å². The third-order valence-corrected chi connectivity index (χ3v) is 5.45. The zero-order valence-electron chi connectivity index (χ0n) is 15.7. The maximum Gasteiger partial charge on any atom is 0.118 e. The number of fused-ring (bicyclic) bond motifs is 1. The van der Waals surface area contributed by atoms with Crippen molar-refractivity contribution in [3.63, 3.8) is 0 Å². The number of hydrogen-bond acceptors (Lipinski definition) is 5. The number of aromatic nitrogens is 1. The fourth-order valence-corrected chi connectivity index (χ4v) is 4.24. The van der Waals surface area contributed by atoms with E-state index in [0.29, 0.717) is 24.7 Å². The van der Waals surface area contributed by atoms with Crippen molar-refractivity contribution in [3.05, 3.63) is 53.2 Å². The molecule has 0 N–H and O–H groups in total. The lowest BCUT2D eigenvalue weighted by molar-refractivity contribution is -0.0609. The molecule has 5 nitrogen and oxygen atoms in total. The maximum absolute atomic E-state index is 6.05. The van der Waals surface area contributed by atoms with E-state index in [2.05, 4.69) is 16.0 Å². The van der Waals surface area contributed by atoms with Crippen molar-refractivity contribution < 1.29 is 13.9 Å². The molecule has 0 aromatic carbocycles. The zero-order valence-corrected chi connectivity index (χ0v) is 15.7. The molecule has 1 aliphatic heterocycles. The lowest BCUT2D eigenvalue weighted by Gasteiger charge is -2.37. The highest BCUT2D eigenvalue weighted by Crippen LogP contribution is 2.35. The number of pyridine rings is 1. The summed E-state index contributed by atoms with van der Waals surface area (Å²) in [5, 5.41) is 0. The molecule has 1 saturated heterocycles. The Kier molecular flexibility index (Phi) is 5.38. The first-order valence-electron chi connectivity index (χ1n) is 9.58. The molecule has 0 radical (unpaired) electrons. The number of morpholine rings is 1. The number of aryl methyl sites for hydroxylation is 2.